The van der Waals surface area contributed by atoms with Crippen molar-refractivity contribution in [3.05, 3.63) is 83.8 Å². The highest BCUT2D eigenvalue weighted by Crippen LogP contribution is 2.40. The minimum absolute atomic E-state index is 0.00687. The molecule has 2 aromatic carbocycles. The number of Topliss-reactive ketones (excluding diaryl/α,β-unsaturated/α-hetero) is 1. The van der Waals surface area contributed by atoms with Crippen molar-refractivity contribution >= 4 is 23.2 Å². The fourth-order valence-corrected chi connectivity index (χ4v) is 3.65. The molecule has 0 aliphatic carbocycles. The molecule has 3 nitrogen and oxygen atoms in total. The van der Waals surface area contributed by atoms with Crippen LogP contribution in [0.1, 0.15) is 33.4 Å². The van der Waals surface area contributed by atoms with Crippen molar-refractivity contribution in [3.8, 4) is 0 Å². The SMILES string of the molecule is Cc1ccc(C(CC(=O)c2ccco2)Sc2ccccc2N)cc1. The third-order valence-electron chi connectivity index (χ3n) is 3.80. The number of nitrogens with two attached hydrogens (primary N) is 1. The first-order valence-electron chi connectivity index (χ1n) is 7.78. The van der Waals surface area contributed by atoms with Gasteiger partial charge < -0.3 is 10.2 Å². The van der Waals surface area contributed by atoms with Gasteiger partial charge in [0.25, 0.3) is 0 Å². The molecule has 3 rings (SSSR count). The van der Waals surface area contributed by atoms with Gasteiger partial charge >= 0.3 is 0 Å². The number of carbonyl (C=O) groups is 1. The Hall–Kier alpha value is -2.46. The number of nitrogen functional groups attached to an aromatic ring is 1. The fraction of sp³-hybridized carbons (Fsp3) is 0.150. The van der Waals surface area contributed by atoms with Crippen LogP contribution in [0.25, 0.3) is 0 Å². The molecule has 1 aromatic heterocycles. The standard InChI is InChI=1S/C20H19NO2S/c1-14-8-10-15(11-9-14)20(13-17(22)18-6-4-12-23-18)24-19-7-3-2-5-16(19)21/h2-12,20H,13,21H2,1H3. The Morgan fingerprint density at radius 1 is 1.08 bits per heavy atom. The molecule has 1 atom stereocenters. The van der Waals surface area contributed by atoms with Crippen LogP contribution >= 0.6 is 11.8 Å². The molecule has 0 radical (unpaired) electrons. The van der Waals surface area contributed by atoms with Gasteiger partial charge in [-0.3, -0.25) is 4.79 Å². The van der Waals surface area contributed by atoms with Gasteiger partial charge in [-0.25, -0.2) is 0 Å². The van der Waals surface area contributed by atoms with Crippen LogP contribution in [0.3, 0.4) is 0 Å². The number of thioether (sulfide) groups is 1. The number of ketones is 1. The minimum Gasteiger partial charge on any atom is -0.461 e. The molecular formula is C20H19NO2S. The third kappa shape index (κ3) is 3.89. The maximum Gasteiger partial charge on any atom is 0.199 e. The Kier molecular flexibility index (Phi) is 5.06. The molecule has 4 heteroatoms. The van der Waals surface area contributed by atoms with Crippen molar-refractivity contribution in [2.45, 2.75) is 23.5 Å². The first-order valence-corrected chi connectivity index (χ1v) is 8.66. The number of anilines is 1. The zero-order chi connectivity index (χ0) is 16.9. The van der Waals surface area contributed by atoms with Crippen molar-refractivity contribution < 1.29 is 9.21 Å². The molecule has 1 heterocycles. The van der Waals surface area contributed by atoms with Gasteiger partial charge in [-0.1, -0.05) is 42.0 Å². The number of benzene rings is 2. The predicted octanol–water partition coefficient (Wildman–Crippen LogP) is 5.28. The third-order valence-corrected chi connectivity index (χ3v) is 5.15. The predicted molar refractivity (Wildman–Crippen MR) is 98.3 cm³/mol. The highest BCUT2D eigenvalue weighted by molar-refractivity contribution is 7.99. The zero-order valence-corrected chi connectivity index (χ0v) is 14.3. The molecule has 0 fully saturated rings. The highest BCUT2D eigenvalue weighted by Gasteiger charge is 2.21. The second-order valence-corrected chi connectivity index (χ2v) is 6.90. The van der Waals surface area contributed by atoms with E-state index in [4.69, 9.17) is 10.2 Å². The van der Waals surface area contributed by atoms with E-state index in [9.17, 15) is 4.79 Å². The number of hydrogen-bond donors (Lipinski definition) is 1. The first-order chi connectivity index (χ1) is 11.6. The average molecular weight is 337 g/mol. The molecule has 3 aromatic rings. The lowest BCUT2D eigenvalue weighted by Gasteiger charge is -2.17. The van der Waals surface area contributed by atoms with Crippen LogP contribution < -0.4 is 5.73 Å². The number of rotatable bonds is 6. The van der Waals surface area contributed by atoms with Crippen LogP contribution in [0.5, 0.6) is 0 Å². The zero-order valence-electron chi connectivity index (χ0n) is 13.4. The van der Waals surface area contributed by atoms with Gasteiger partial charge in [0.2, 0.25) is 0 Å². The van der Waals surface area contributed by atoms with Gasteiger partial charge in [-0.2, -0.15) is 0 Å². The molecule has 122 valence electrons. The molecule has 0 saturated carbocycles. The molecule has 0 bridgehead atoms. The van der Waals surface area contributed by atoms with Crippen LogP contribution in [0, 0.1) is 6.92 Å². The summed E-state index contributed by atoms with van der Waals surface area (Å²) in [5.41, 5.74) is 9.10. The summed E-state index contributed by atoms with van der Waals surface area (Å²) in [5, 5.41) is -0.0205. The number of aryl methyl sites for hydroxylation is 1. The number of furan rings is 1. The summed E-state index contributed by atoms with van der Waals surface area (Å²) in [7, 11) is 0. The molecule has 1 unspecified atom stereocenters. The highest BCUT2D eigenvalue weighted by atomic mass is 32.2. The Balaban J connectivity index is 1.87. The van der Waals surface area contributed by atoms with Crippen molar-refractivity contribution in [2.75, 3.05) is 5.73 Å². The van der Waals surface area contributed by atoms with Gasteiger partial charge in [0.05, 0.1) is 6.26 Å². The Labute approximate surface area is 145 Å². The Bertz CT molecular complexity index is 810. The quantitative estimate of drug-likeness (QED) is 0.378. The summed E-state index contributed by atoms with van der Waals surface area (Å²) >= 11 is 1.61. The second-order valence-electron chi connectivity index (χ2n) is 5.66. The van der Waals surface area contributed by atoms with E-state index in [-0.39, 0.29) is 11.0 Å². The minimum atomic E-state index is -0.0205. The summed E-state index contributed by atoms with van der Waals surface area (Å²) in [6.45, 7) is 2.05. The molecule has 0 spiro atoms. The molecule has 24 heavy (non-hydrogen) atoms. The topological polar surface area (TPSA) is 56.2 Å². The maximum atomic E-state index is 12.5. The van der Waals surface area contributed by atoms with Crippen LogP contribution in [0.4, 0.5) is 5.69 Å². The Morgan fingerprint density at radius 2 is 1.83 bits per heavy atom. The van der Waals surface area contributed by atoms with E-state index < -0.39 is 0 Å². The number of para-hydroxylation sites is 1. The summed E-state index contributed by atoms with van der Waals surface area (Å²) in [6.07, 6.45) is 1.88. The maximum absolute atomic E-state index is 12.5. The van der Waals surface area contributed by atoms with Crippen molar-refractivity contribution in [1.29, 1.82) is 0 Å². The van der Waals surface area contributed by atoms with E-state index >= 15 is 0 Å². The van der Waals surface area contributed by atoms with Gasteiger partial charge in [-0.15, -0.1) is 11.8 Å². The average Bonchev–Trinajstić information content (AvgIpc) is 3.11. The summed E-state index contributed by atoms with van der Waals surface area (Å²) < 4.78 is 5.24. The number of carbonyl (C=O) groups excluding carboxylic acids is 1. The fourth-order valence-electron chi connectivity index (χ4n) is 2.46. The van der Waals surface area contributed by atoms with E-state index in [1.165, 1.54) is 11.8 Å². The molecule has 0 amide bonds. The van der Waals surface area contributed by atoms with E-state index in [0.29, 0.717) is 12.2 Å². The number of hydrogen-bond acceptors (Lipinski definition) is 4. The van der Waals surface area contributed by atoms with Crippen LogP contribution in [-0.4, -0.2) is 5.78 Å². The van der Waals surface area contributed by atoms with Crippen LogP contribution in [0.15, 0.2) is 76.2 Å². The van der Waals surface area contributed by atoms with E-state index in [2.05, 4.69) is 31.2 Å². The van der Waals surface area contributed by atoms with Gasteiger partial charge in [-0.05, 0) is 36.8 Å². The lowest BCUT2D eigenvalue weighted by atomic mass is 10.0. The molecule has 0 aliphatic rings. The second kappa shape index (κ2) is 7.41. The summed E-state index contributed by atoms with van der Waals surface area (Å²) in [5.74, 6) is 0.390. The monoisotopic (exact) mass is 337 g/mol. The summed E-state index contributed by atoms with van der Waals surface area (Å²) in [6, 6.07) is 19.4. The smallest absolute Gasteiger partial charge is 0.199 e. The lowest BCUT2D eigenvalue weighted by molar-refractivity contribution is 0.0955. The summed E-state index contributed by atoms with van der Waals surface area (Å²) in [4.78, 5) is 13.5. The molecule has 0 saturated heterocycles. The Morgan fingerprint density at radius 3 is 2.50 bits per heavy atom. The van der Waals surface area contributed by atoms with Gasteiger partial charge in [0.15, 0.2) is 11.5 Å². The molecule has 0 aliphatic heterocycles. The van der Waals surface area contributed by atoms with Gasteiger partial charge in [0.1, 0.15) is 0 Å². The largest absolute Gasteiger partial charge is 0.461 e. The van der Waals surface area contributed by atoms with E-state index in [1.54, 1.807) is 23.9 Å². The normalized spacial score (nSPS) is 12.0. The molecular weight excluding hydrogens is 318 g/mol. The molecule has 2 N–H and O–H groups in total. The van der Waals surface area contributed by atoms with Crippen LogP contribution in [0.2, 0.25) is 0 Å². The van der Waals surface area contributed by atoms with Crippen LogP contribution in [-0.2, 0) is 0 Å². The van der Waals surface area contributed by atoms with E-state index in [1.807, 2.05) is 24.3 Å². The van der Waals surface area contributed by atoms with Crippen molar-refractivity contribution in [1.82, 2.24) is 0 Å². The van der Waals surface area contributed by atoms with Crippen molar-refractivity contribution in [3.63, 3.8) is 0 Å². The lowest BCUT2D eigenvalue weighted by Crippen LogP contribution is -2.05. The van der Waals surface area contributed by atoms with Gasteiger partial charge in [0, 0.05) is 22.3 Å². The van der Waals surface area contributed by atoms with Crippen molar-refractivity contribution in [2.24, 2.45) is 0 Å². The first kappa shape index (κ1) is 16.4. The van der Waals surface area contributed by atoms with E-state index in [0.717, 1.165) is 16.1 Å².